The number of carbonyl (C=O) groups excluding carboxylic acids is 1. The molecule has 1 aromatic heterocycles. The Balaban J connectivity index is 1.43. The van der Waals surface area contributed by atoms with Gasteiger partial charge in [-0.15, -0.1) is 0 Å². The molecule has 3 aromatic rings. The molecule has 0 aliphatic carbocycles. The van der Waals surface area contributed by atoms with Crippen molar-refractivity contribution in [2.24, 2.45) is 5.41 Å². The molecule has 2 aromatic carbocycles. The SMILES string of the molecule is COc1ccc2ncc(N(C)C)c([C@H](O)CCC3(C(=O)NO)CCN(CCCc4cc(F)c(F)c(F)c4)CC3)c2c1. The number of amides is 1. The summed E-state index contributed by atoms with van der Waals surface area (Å²) in [6.45, 7) is 1.79. The van der Waals surface area contributed by atoms with Crippen molar-refractivity contribution in [2.75, 3.05) is 45.7 Å². The summed E-state index contributed by atoms with van der Waals surface area (Å²) < 4.78 is 45.6. The number of likely N-dealkylation sites (tertiary alicyclic amines) is 1. The van der Waals surface area contributed by atoms with Gasteiger partial charge in [0.05, 0.1) is 36.0 Å². The highest BCUT2D eigenvalue weighted by molar-refractivity contribution is 5.88. The third-order valence-electron chi connectivity index (χ3n) is 8.19. The average molecular weight is 575 g/mol. The number of carbonyl (C=O) groups is 1. The molecule has 1 atom stereocenters. The van der Waals surface area contributed by atoms with E-state index in [1.165, 1.54) is 0 Å². The number of aliphatic hydroxyl groups is 1. The topological polar surface area (TPSA) is 98.2 Å². The van der Waals surface area contributed by atoms with Crippen LogP contribution >= 0.6 is 0 Å². The number of halogens is 3. The smallest absolute Gasteiger partial charge is 0.249 e. The normalized spacial score (nSPS) is 16.0. The quantitative estimate of drug-likeness (QED) is 0.173. The lowest BCUT2D eigenvalue weighted by Crippen LogP contribution is -2.48. The first-order valence-electron chi connectivity index (χ1n) is 13.7. The molecule has 222 valence electrons. The van der Waals surface area contributed by atoms with Crippen LogP contribution in [0.2, 0.25) is 0 Å². The molecule has 1 aliphatic rings. The van der Waals surface area contributed by atoms with E-state index >= 15 is 0 Å². The summed E-state index contributed by atoms with van der Waals surface area (Å²) in [6, 6.07) is 7.52. The van der Waals surface area contributed by atoms with Crippen LogP contribution in [0.3, 0.4) is 0 Å². The Hall–Kier alpha value is -3.41. The Morgan fingerprint density at radius 1 is 1.17 bits per heavy atom. The summed E-state index contributed by atoms with van der Waals surface area (Å²) in [7, 11) is 5.32. The van der Waals surface area contributed by atoms with Crippen molar-refractivity contribution < 1.29 is 33.0 Å². The lowest BCUT2D eigenvalue weighted by molar-refractivity contribution is -0.143. The number of rotatable bonds is 11. The zero-order valence-electron chi connectivity index (χ0n) is 23.6. The Bertz CT molecular complexity index is 1360. The number of hydrogen-bond acceptors (Lipinski definition) is 7. The van der Waals surface area contributed by atoms with Crippen molar-refractivity contribution >= 4 is 22.5 Å². The predicted molar refractivity (Wildman–Crippen MR) is 149 cm³/mol. The maximum atomic E-state index is 13.5. The summed E-state index contributed by atoms with van der Waals surface area (Å²) in [5.74, 6) is -3.70. The first kappa shape index (κ1) is 30.5. The van der Waals surface area contributed by atoms with E-state index in [0.717, 1.165) is 23.2 Å². The maximum absolute atomic E-state index is 13.5. The number of piperidine rings is 1. The number of benzene rings is 2. The van der Waals surface area contributed by atoms with E-state index in [1.54, 1.807) is 13.3 Å². The molecule has 1 amide bonds. The van der Waals surface area contributed by atoms with Crippen molar-refractivity contribution in [3.8, 4) is 5.75 Å². The number of fused-ring (bicyclic) bond motifs is 1. The fourth-order valence-corrected chi connectivity index (χ4v) is 5.75. The van der Waals surface area contributed by atoms with E-state index in [-0.39, 0.29) is 6.42 Å². The van der Waals surface area contributed by atoms with E-state index in [4.69, 9.17) is 4.74 Å². The number of hydroxylamine groups is 1. The molecule has 0 saturated carbocycles. The molecule has 1 aliphatic heterocycles. The molecule has 1 saturated heterocycles. The van der Waals surface area contributed by atoms with Gasteiger partial charge >= 0.3 is 0 Å². The van der Waals surface area contributed by atoms with E-state index in [2.05, 4.69) is 9.88 Å². The zero-order valence-corrected chi connectivity index (χ0v) is 23.6. The predicted octanol–water partition coefficient (Wildman–Crippen LogP) is 4.76. The second-order valence-electron chi connectivity index (χ2n) is 10.9. The second kappa shape index (κ2) is 13.1. The molecule has 3 N–H and O–H groups in total. The number of hydrogen-bond donors (Lipinski definition) is 3. The Morgan fingerprint density at radius 2 is 1.85 bits per heavy atom. The summed E-state index contributed by atoms with van der Waals surface area (Å²) in [4.78, 5) is 21.5. The third-order valence-corrected chi connectivity index (χ3v) is 8.19. The van der Waals surface area contributed by atoms with Crippen LogP contribution in [0, 0.1) is 22.9 Å². The Kier molecular flexibility index (Phi) is 9.72. The number of aliphatic hydroxyl groups excluding tert-OH is 1. The van der Waals surface area contributed by atoms with Gasteiger partial charge in [-0.05, 0) is 94.1 Å². The van der Waals surface area contributed by atoms with Gasteiger partial charge in [-0.2, -0.15) is 0 Å². The Labute approximate surface area is 237 Å². The van der Waals surface area contributed by atoms with Crippen LogP contribution in [0.15, 0.2) is 36.5 Å². The van der Waals surface area contributed by atoms with Crippen LogP contribution in [0.5, 0.6) is 5.75 Å². The molecule has 8 nitrogen and oxygen atoms in total. The van der Waals surface area contributed by atoms with Crippen LogP contribution in [-0.2, 0) is 11.2 Å². The van der Waals surface area contributed by atoms with Gasteiger partial charge < -0.3 is 19.6 Å². The van der Waals surface area contributed by atoms with Gasteiger partial charge in [0.1, 0.15) is 5.75 Å². The molecule has 0 radical (unpaired) electrons. The van der Waals surface area contributed by atoms with Crippen molar-refractivity contribution in [2.45, 2.75) is 44.6 Å². The van der Waals surface area contributed by atoms with Crippen molar-refractivity contribution in [3.05, 3.63) is 65.1 Å². The zero-order chi connectivity index (χ0) is 29.7. The summed E-state index contributed by atoms with van der Waals surface area (Å²) in [5.41, 5.74) is 3.53. The molecule has 11 heteroatoms. The number of pyridine rings is 1. The molecule has 4 rings (SSSR count). The number of aromatic nitrogens is 1. The van der Waals surface area contributed by atoms with Gasteiger partial charge in [0, 0.05) is 25.0 Å². The monoisotopic (exact) mass is 574 g/mol. The summed E-state index contributed by atoms with van der Waals surface area (Å²) in [5, 5.41) is 21.8. The first-order chi connectivity index (χ1) is 19.6. The molecule has 2 heterocycles. The second-order valence-corrected chi connectivity index (χ2v) is 10.9. The highest BCUT2D eigenvalue weighted by Gasteiger charge is 2.41. The van der Waals surface area contributed by atoms with Gasteiger partial charge in [-0.1, -0.05) is 0 Å². The maximum Gasteiger partial charge on any atom is 0.249 e. The summed E-state index contributed by atoms with van der Waals surface area (Å²) >= 11 is 0. The number of methoxy groups -OCH3 is 1. The molecule has 0 unspecified atom stereocenters. The van der Waals surface area contributed by atoms with Gasteiger partial charge in [0.25, 0.3) is 0 Å². The molecular formula is C30H37F3N4O4. The third kappa shape index (κ3) is 6.74. The van der Waals surface area contributed by atoms with Gasteiger partial charge in [-0.25, -0.2) is 18.7 Å². The van der Waals surface area contributed by atoms with Crippen LogP contribution < -0.4 is 15.1 Å². The minimum absolute atomic E-state index is 0.284. The Morgan fingerprint density at radius 3 is 2.46 bits per heavy atom. The number of nitrogens with zero attached hydrogens (tertiary/aromatic N) is 3. The van der Waals surface area contributed by atoms with E-state index in [0.29, 0.717) is 74.1 Å². The fraction of sp³-hybridized carbons (Fsp3) is 0.467. The minimum Gasteiger partial charge on any atom is -0.497 e. The van der Waals surface area contributed by atoms with E-state index in [9.17, 15) is 28.3 Å². The number of ether oxygens (including phenoxy) is 1. The standard InChI is InChI=1S/C30H37F3N4O4/c1-36(2)25-18-34-24-7-6-20(41-3)17-21(24)27(25)26(38)8-9-30(29(39)35-40)10-13-37(14-11-30)12-4-5-19-15-22(31)28(33)23(32)16-19/h6-7,15-18,26,38,40H,4-5,8-14H2,1-3H3,(H,35,39)/t26-/m1/s1. The van der Waals surface area contributed by atoms with Crippen LogP contribution in [0.1, 0.15) is 49.3 Å². The molecule has 0 bridgehead atoms. The highest BCUT2D eigenvalue weighted by atomic mass is 19.2. The number of aryl methyl sites for hydroxylation is 1. The number of anilines is 1. The fourth-order valence-electron chi connectivity index (χ4n) is 5.75. The summed E-state index contributed by atoms with van der Waals surface area (Å²) in [6.07, 6.45) is 3.38. The van der Waals surface area contributed by atoms with Crippen molar-refractivity contribution in [1.82, 2.24) is 15.4 Å². The van der Waals surface area contributed by atoms with E-state index in [1.807, 2.05) is 42.7 Å². The van der Waals surface area contributed by atoms with Crippen molar-refractivity contribution in [1.29, 1.82) is 0 Å². The first-order valence-corrected chi connectivity index (χ1v) is 13.7. The molecule has 0 spiro atoms. The highest BCUT2D eigenvalue weighted by Crippen LogP contribution is 2.41. The van der Waals surface area contributed by atoms with Crippen LogP contribution in [0.25, 0.3) is 10.9 Å². The van der Waals surface area contributed by atoms with Gasteiger partial charge in [0.2, 0.25) is 5.91 Å². The van der Waals surface area contributed by atoms with Gasteiger partial charge in [0.15, 0.2) is 17.5 Å². The largest absolute Gasteiger partial charge is 0.497 e. The average Bonchev–Trinajstić information content (AvgIpc) is 2.97. The molecular weight excluding hydrogens is 537 g/mol. The molecule has 41 heavy (non-hydrogen) atoms. The molecule has 1 fully saturated rings. The van der Waals surface area contributed by atoms with Crippen molar-refractivity contribution in [3.63, 3.8) is 0 Å². The lowest BCUT2D eigenvalue weighted by Gasteiger charge is -2.40. The van der Waals surface area contributed by atoms with Crippen LogP contribution in [-0.4, -0.2) is 66.9 Å². The van der Waals surface area contributed by atoms with E-state index < -0.39 is 34.9 Å². The van der Waals surface area contributed by atoms with Gasteiger partial charge in [-0.3, -0.25) is 15.0 Å². The number of nitrogens with one attached hydrogen (secondary N) is 1. The van der Waals surface area contributed by atoms with Crippen LogP contribution in [0.4, 0.5) is 18.9 Å². The minimum atomic E-state index is -1.47. The lowest BCUT2D eigenvalue weighted by atomic mass is 9.73.